The van der Waals surface area contributed by atoms with Gasteiger partial charge >= 0.3 is 0 Å². The fourth-order valence-corrected chi connectivity index (χ4v) is 4.00. The summed E-state index contributed by atoms with van der Waals surface area (Å²) in [5.41, 5.74) is 0. The molecule has 0 aromatic carbocycles. The van der Waals surface area contributed by atoms with Crippen LogP contribution in [-0.2, 0) is 4.43 Å². The van der Waals surface area contributed by atoms with Crippen molar-refractivity contribution in [3.05, 3.63) is 0 Å². The van der Waals surface area contributed by atoms with Gasteiger partial charge in [-0.05, 0) is 18.5 Å². The van der Waals surface area contributed by atoms with Gasteiger partial charge in [0.25, 0.3) is 0 Å². The van der Waals surface area contributed by atoms with Crippen LogP contribution in [0.15, 0.2) is 0 Å². The first-order valence-electron chi connectivity index (χ1n) is 3.61. The highest BCUT2D eigenvalue weighted by atomic mass is 35.5. The maximum atomic E-state index is 5.59. The lowest BCUT2D eigenvalue weighted by Crippen LogP contribution is -2.23. The van der Waals surface area contributed by atoms with Crippen molar-refractivity contribution in [3.63, 3.8) is 0 Å². The van der Waals surface area contributed by atoms with E-state index in [2.05, 4.69) is 0 Å². The lowest BCUT2D eigenvalue weighted by molar-refractivity contribution is 0.287. The zero-order valence-corrected chi connectivity index (χ0v) is 7.52. The highest BCUT2D eigenvalue weighted by Gasteiger charge is 2.14. The highest BCUT2D eigenvalue weighted by molar-refractivity contribution is 6.53. The third-order valence-corrected chi connectivity index (χ3v) is 4.98. The van der Waals surface area contributed by atoms with Crippen LogP contribution in [0.2, 0.25) is 12.1 Å². The Kier molecular flexibility index (Phi) is 3.63. The number of halogens is 1. The van der Waals surface area contributed by atoms with Crippen molar-refractivity contribution >= 4 is 20.6 Å². The third kappa shape index (κ3) is 2.69. The van der Waals surface area contributed by atoms with E-state index in [0.717, 1.165) is 12.5 Å². The minimum atomic E-state index is -0.758. The average molecular weight is 165 g/mol. The van der Waals surface area contributed by atoms with Crippen LogP contribution in [0.5, 0.6) is 0 Å². The maximum absolute atomic E-state index is 5.59. The van der Waals surface area contributed by atoms with E-state index in [0.29, 0.717) is 0 Å². The molecule has 1 aliphatic rings. The van der Waals surface area contributed by atoms with Gasteiger partial charge in [0.05, 0.1) is 0 Å². The van der Waals surface area contributed by atoms with E-state index in [1.165, 1.54) is 24.9 Å². The first-order valence-corrected chi connectivity index (χ1v) is 6.25. The molecule has 1 fully saturated rings. The van der Waals surface area contributed by atoms with Crippen LogP contribution in [0.3, 0.4) is 0 Å². The monoisotopic (exact) mass is 164 g/mol. The molecule has 0 aromatic heterocycles. The number of alkyl halides is 1. The normalized spacial score (nSPS) is 28.3. The SMILES string of the molecule is ClCC[SiH]1CCCCO1. The Balaban J connectivity index is 2.08. The van der Waals surface area contributed by atoms with E-state index in [1.807, 2.05) is 0 Å². The topological polar surface area (TPSA) is 9.23 Å². The van der Waals surface area contributed by atoms with Gasteiger partial charge in [0.2, 0.25) is 0 Å². The molecule has 1 atom stereocenters. The fraction of sp³-hybridized carbons (Fsp3) is 1.00. The molecule has 0 spiro atoms. The first-order chi connectivity index (χ1) is 4.43. The Morgan fingerprint density at radius 2 is 2.33 bits per heavy atom. The molecule has 0 saturated carbocycles. The van der Waals surface area contributed by atoms with Crippen LogP contribution in [0.1, 0.15) is 12.8 Å². The second-order valence-electron chi connectivity index (χ2n) is 2.47. The van der Waals surface area contributed by atoms with E-state index in [-0.39, 0.29) is 0 Å². The van der Waals surface area contributed by atoms with Gasteiger partial charge in [-0.1, -0.05) is 6.42 Å². The molecule has 0 aromatic rings. The fourth-order valence-electron chi connectivity index (χ4n) is 1.16. The van der Waals surface area contributed by atoms with Gasteiger partial charge < -0.3 is 4.43 Å². The van der Waals surface area contributed by atoms with Gasteiger partial charge in [-0.25, -0.2) is 0 Å². The van der Waals surface area contributed by atoms with Crippen molar-refractivity contribution in [1.29, 1.82) is 0 Å². The van der Waals surface area contributed by atoms with Crippen LogP contribution < -0.4 is 0 Å². The molecule has 54 valence electrons. The summed E-state index contributed by atoms with van der Waals surface area (Å²) in [5, 5.41) is 0. The molecule has 1 heterocycles. The van der Waals surface area contributed by atoms with Crippen molar-refractivity contribution in [3.8, 4) is 0 Å². The molecule has 0 aliphatic carbocycles. The van der Waals surface area contributed by atoms with Crippen LogP contribution >= 0.6 is 11.6 Å². The van der Waals surface area contributed by atoms with E-state index in [4.69, 9.17) is 16.0 Å². The summed E-state index contributed by atoms with van der Waals surface area (Å²) in [6.07, 6.45) is 2.65. The smallest absolute Gasteiger partial charge is 0.178 e. The van der Waals surface area contributed by atoms with E-state index >= 15 is 0 Å². The van der Waals surface area contributed by atoms with Gasteiger partial charge in [0, 0.05) is 12.5 Å². The summed E-state index contributed by atoms with van der Waals surface area (Å²) in [7, 11) is -0.758. The van der Waals surface area contributed by atoms with E-state index < -0.39 is 9.04 Å². The van der Waals surface area contributed by atoms with Crippen molar-refractivity contribution in [2.45, 2.75) is 24.9 Å². The summed E-state index contributed by atoms with van der Waals surface area (Å²) in [4.78, 5) is 0. The van der Waals surface area contributed by atoms with Crippen molar-refractivity contribution in [2.24, 2.45) is 0 Å². The Hall–Kier alpha value is 0.467. The number of hydrogen-bond donors (Lipinski definition) is 0. The lowest BCUT2D eigenvalue weighted by Gasteiger charge is -2.19. The van der Waals surface area contributed by atoms with Crippen molar-refractivity contribution in [2.75, 3.05) is 12.5 Å². The van der Waals surface area contributed by atoms with Gasteiger partial charge in [0.1, 0.15) is 0 Å². The average Bonchev–Trinajstić information content (AvgIpc) is 1.91. The van der Waals surface area contributed by atoms with Crippen LogP contribution in [-0.4, -0.2) is 21.5 Å². The molecule has 1 rings (SSSR count). The number of hydrogen-bond acceptors (Lipinski definition) is 1. The lowest BCUT2D eigenvalue weighted by atomic mass is 10.4. The predicted octanol–water partition coefficient (Wildman–Crippen LogP) is 1.76. The zero-order chi connectivity index (χ0) is 6.53. The summed E-state index contributed by atoms with van der Waals surface area (Å²) in [6, 6.07) is 2.52. The van der Waals surface area contributed by atoms with Gasteiger partial charge in [-0.3, -0.25) is 0 Å². The van der Waals surface area contributed by atoms with Crippen molar-refractivity contribution < 1.29 is 4.43 Å². The van der Waals surface area contributed by atoms with Crippen LogP contribution in [0.25, 0.3) is 0 Å². The number of rotatable bonds is 2. The summed E-state index contributed by atoms with van der Waals surface area (Å²) in [5.74, 6) is 0.802. The predicted molar refractivity (Wildman–Crippen MR) is 42.7 cm³/mol. The Morgan fingerprint density at radius 1 is 1.44 bits per heavy atom. The Bertz CT molecular complexity index is 70.7. The standard InChI is InChI=1S/C6H13ClOSi/c7-3-6-9-5-2-1-4-8-9/h9H,1-6H2. The molecular weight excluding hydrogens is 152 g/mol. The molecule has 9 heavy (non-hydrogen) atoms. The second-order valence-corrected chi connectivity index (χ2v) is 5.58. The van der Waals surface area contributed by atoms with Gasteiger partial charge in [-0.2, -0.15) is 0 Å². The molecule has 0 N–H and O–H groups in total. The zero-order valence-electron chi connectivity index (χ0n) is 5.61. The summed E-state index contributed by atoms with van der Waals surface area (Å²) >= 11 is 5.59. The molecule has 1 unspecified atom stereocenters. The molecule has 3 heteroatoms. The molecule has 1 nitrogen and oxygen atoms in total. The minimum absolute atomic E-state index is 0.758. The van der Waals surface area contributed by atoms with E-state index in [1.54, 1.807) is 0 Å². The Labute approximate surface area is 63.1 Å². The highest BCUT2D eigenvalue weighted by Crippen LogP contribution is 2.13. The second kappa shape index (κ2) is 4.31. The molecular formula is C6H13ClOSi. The molecule has 0 radical (unpaired) electrons. The van der Waals surface area contributed by atoms with Gasteiger partial charge in [0.15, 0.2) is 9.04 Å². The summed E-state index contributed by atoms with van der Waals surface area (Å²) in [6.45, 7) is 1.01. The minimum Gasteiger partial charge on any atom is -0.420 e. The summed E-state index contributed by atoms with van der Waals surface area (Å²) < 4.78 is 5.57. The molecule has 1 saturated heterocycles. The van der Waals surface area contributed by atoms with Crippen LogP contribution in [0, 0.1) is 0 Å². The molecule has 0 bridgehead atoms. The first kappa shape index (κ1) is 7.57. The third-order valence-electron chi connectivity index (χ3n) is 1.71. The molecule has 1 aliphatic heterocycles. The van der Waals surface area contributed by atoms with Crippen LogP contribution in [0.4, 0.5) is 0 Å². The van der Waals surface area contributed by atoms with Crippen molar-refractivity contribution in [1.82, 2.24) is 0 Å². The Morgan fingerprint density at radius 3 is 2.89 bits per heavy atom. The van der Waals surface area contributed by atoms with E-state index in [9.17, 15) is 0 Å². The largest absolute Gasteiger partial charge is 0.420 e. The molecule has 0 amide bonds. The maximum Gasteiger partial charge on any atom is 0.178 e. The van der Waals surface area contributed by atoms with Gasteiger partial charge in [-0.15, -0.1) is 11.6 Å². The quantitative estimate of drug-likeness (QED) is 0.447.